The van der Waals surface area contributed by atoms with Crippen LogP contribution in [0.25, 0.3) is 0 Å². The van der Waals surface area contributed by atoms with E-state index < -0.39 is 21.4 Å². The Morgan fingerprint density at radius 2 is 2.11 bits per heavy atom. The molecule has 0 fully saturated rings. The third-order valence-electron chi connectivity index (χ3n) is 3.17. The van der Waals surface area contributed by atoms with Gasteiger partial charge in [-0.3, -0.25) is 9.89 Å². The van der Waals surface area contributed by atoms with E-state index in [-0.39, 0.29) is 11.6 Å². The summed E-state index contributed by atoms with van der Waals surface area (Å²) in [5.74, 6) is -1.00. The summed E-state index contributed by atoms with van der Waals surface area (Å²) in [6, 6.07) is 1.31. The van der Waals surface area contributed by atoms with Gasteiger partial charge >= 0.3 is 5.97 Å². The van der Waals surface area contributed by atoms with Crippen LogP contribution in [0.3, 0.4) is 0 Å². The Bertz CT molecular complexity index is 491. The van der Waals surface area contributed by atoms with Crippen LogP contribution in [0.2, 0.25) is 0 Å². The van der Waals surface area contributed by atoms with Gasteiger partial charge in [0.1, 0.15) is 0 Å². The van der Waals surface area contributed by atoms with Crippen molar-refractivity contribution in [1.82, 2.24) is 14.9 Å². The molecule has 0 atom stereocenters. The summed E-state index contributed by atoms with van der Waals surface area (Å²) in [5, 5.41) is 15.0. The normalized spacial score (nSPS) is 12.6. The summed E-state index contributed by atoms with van der Waals surface area (Å²) in [6.45, 7) is 3.31. The molecule has 1 heterocycles. The molecule has 0 aliphatic rings. The number of carbonyl (C=O) groups is 1. The molecule has 1 aromatic rings. The Balaban J connectivity index is 2.84. The molecule has 3 N–H and O–H groups in total. The van der Waals surface area contributed by atoms with Gasteiger partial charge in [-0.15, -0.1) is 0 Å². The minimum absolute atomic E-state index is 0.0750. The van der Waals surface area contributed by atoms with E-state index in [0.29, 0.717) is 12.8 Å². The topological polar surface area (TPSA) is 112 Å². The fraction of sp³-hybridized carbons (Fsp3) is 0.600. The van der Waals surface area contributed by atoms with E-state index in [9.17, 15) is 18.3 Å². The second kappa shape index (κ2) is 5.49. The Kier molecular flexibility index (Phi) is 4.47. The van der Waals surface area contributed by atoms with Crippen LogP contribution in [0.1, 0.15) is 26.7 Å². The van der Waals surface area contributed by atoms with E-state index in [1.807, 2.05) is 0 Å². The first kappa shape index (κ1) is 14.7. The van der Waals surface area contributed by atoms with Crippen LogP contribution >= 0.6 is 0 Å². The summed E-state index contributed by atoms with van der Waals surface area (Å²) < 4.78 is 25.9. The van der Waals surface area contributed by atoms with E-state index in [1.54, 1.807) is 13.8 Å². The molecule has 0 aliphatic heterocycles. The fourth-order valence-electron chi connectivity index (χ4n) is 1.58. The van der Waals surface area contributed by atoms with Crippen LogP contribution < -0.4 is 4.72 Å². The smallest absolute Gasteiger partial charge is 0.310 e. The summed E-state index contributed by atoms with van der Waals surface area (Å²) in [4.78, 5) is 11.2. The molecular formula is C10H17N3O4S. The van der Waals surface area contributed by atoms with E-state index >= 15 is 0 Å². The highest BCUT2D eigenvalue weighted by Crippen LogP contribution is 2.26. The number of nitrogens with zero attached hydrogens (tertiary/aromatic N) is 1. The van der Waals surface area contributed by atoms with Crippen molar-refractivity contribution in [3.05, 3.63) is 12.3 Å². The van der Waals surface area contributed by atoms with Crippen molar-refractivity contribution in [3.8, 4) is 0 Å². The molecule has 102 valence electrons. The Morgan fingerprint density at radius 3 is 2.50 bits per heavy atom. The Labute approximate surface area is 106 Å². The van der Waals surface area contributed by atoms with Crippen molar-refractivity contribution in [2.24, 2.45) is 5.41 Å². The number of carboxylic acids is 1. The molecule has 0 unspecified atom stereocenters. The first-order valence-corrected chi connectivity index (χ1v) is 7.08. The lowest BCUT2D eigenvalue weighted by molar-refractivity contribution is -0.149. The van der Waals surface area contributed by atoms with Crippen molar-refractivity contribution >= 4 is 16.0 Å². The number of hydrogen-bond acceptors (Lipinski definition) is 4. The van der Waals surface area contributed by atoms with Crippen LogP contribution in [-0.4, -0.2) is 36.2 Å². The number of aromatic amines is 1. The third kappa shape index (κ3) is 2.88. The zero-order chi connectivity index (χ0) is 13.8. The number of H-pyrrole nitrogens is 1. The van der Waals surface area contributed by atoms with Gasteiger partial charge in [-0.25, -0.2) is 13.1 Å². The molecule has 0 bridgehead atoms. The fourth-order valence-corrected chi connectivity index (χ4v) is 2.62. The minimum Gasteiger partial charge on any atom is -0.481 e. The molecule has 0 saturated heterocycles. The number of rotatable bonds is 7. The molecule has 0 saturated carbocycles. The highest BCUT2D eigenvalue weighted by atomic mass is 32.2. The quantitative estimate of drug-likeness (QED) is 0.673. The highest BCUT2D eigenvalue weighted by Gasteiger charge is 2.36. The van der Waals surface area contributed by atoms with Crippen molar-refractivity contribution in [1.29, 1.82) is 0 Å². The average Bonchev–Trinajstić information content (AvgIpc) is 2.84. The number of aromatic nitrogens is 2. The average molecular weight is 275 g/mol. The highest BCUT2D eigenvalue weighted by molar-refractivity contribution is 7.89. The van der Waals surface area contributed by atoms with Gasteiger partial charge in [-0.1, -0.05) is 13.8 Å². The lowest BCUT2D eigenvalue weighted by Crippen LogP contribution is -2.42. The van der Waals surface area contributed by atoms with E-state index in [1.165, 1.54) is 12.3 Å². The second-order valence-electron chi connectivity index (χ2n) is 4.04. The summed E-state index contributed by atoms with van der Waals surface area (Å²) in [5.41, 5.74) is -1.08. The first-order chi connectivity index (χ1) is 8.38. The number of carboxylic acid groups (broad SMARTS) is 1. The molecule has 0 spiro atoms. The molecule has 8 heteroatoms. The number of sulfonamides is 1. The Hall–Kier alpha value is -1.41. The number of nitrogens with one attached hydrogen (secondary N) is 2. The summed E-state index contributed by atoms with van der Waals surface area (Å²) >= 11 is 0. The zero-order valence-corrected chi connectivity index (χ0v) is 11.1. The SMILES string of the molecule is CCC(CC)(CNS(=O)(=O)c1ccn[nH]1)C(=O)O. The van der Waals surface area contributed by atoms with Gasteiger partial charge in [0.2, 0.25) is 0 Å². The Morgan fingerprint density at radius 1 is 1.50 bits per heavy atom. The van der Waals surface area contributed by atoms with E-state index in [0.717, 1.165) is 0 Å². The van der Waals surface area contributed by atoms with Crippen LogP contribution in [0.15, 0.2) is 17.3 Å². The third-order valence-corrected chi connectivity index (χ3v) is 4.50. The van der Waals surface area contributed by atoms with Crippen molar-refractivity contribution in [2.75, 3.05) is 6.54 Å². The van der Waals surface area contributed by atoms with Gasteiger partial charge in [-0.2, -0.15) is 5.10 Å². The van der Waals surface area contributed by atoms with Gasteiger partial charge < -0.3 is 5.11 Å². The first-order valence-electron chi connectivity index (χ1n) is 5.60. The lowest BCUT2D eigenvalue weighted by atomic mass is 9.83. The van der Waals surface area contributed by atoms with E-state index in [2.05, 4.69) is 14.9 Å². The largest absolute Gasteiger partial charge is 0.481 e. The van der Waals surface area contributed by atoms with Crippen molar-refractivity contribution in [2.45, 2.75) is 31.7 Å². The molecule has 0 radical (unpaired) electrons. The summed E-state index contributed by atoms with van der Waals surface area (Å²) in [7, 11) is -3.74. The van der Waals surface area contributed by atoms with Gasteiger partial charge in [-0.05, 0) is 18.9 Å². The zero-order valence-electron chi connectivity index (χ0n) is 10.3. The lowest BCUT2D eigenvalue weighted by Gasteiger charge is -2.26. The van der Waals surface area contributed by atoms with Crippen LogP contribution in [-0.2, 0) is 14.8 Å². The molecule has 1 rings (SSSR count). The standard InChI is InChI=1S/C10H17N3O4S/c1-3-10(4-2,9(14)15)7-12-18(16,17)8-5-6-11-13-8/h5-6,12H,3-4,7H2,1-2H3,(H,11,13)(H,14,15). The van der Waals surface area contributed by atoms with Gasteiger partial charge in [0.25, 0.3) is 10.0 Å². The van der Waals surface area contributed by atoms with Crippen LogP contribution in [0, 0.1) is 5.41 Å². The van der Waals surface area contributed by atoms with Gasteiger partial charge in [0.05, 0.1) is 11.6 Å². The predicted molar refractivity (Wildman–Crippen MR) is 64.4 cm³/mol. The maximum Gasteiger partial charge on any atom is 0.310 e. The molecule has 0 aromatic carbocycles. The van der Waals surface area contributed by atoms with Crippen molar-refractivity contribution in [3.63, 3.8) is 0 Å². The van der Waals surface area contributed by atoms with Gasteiger partial charge in [0, 0.05) is 6.54 Å². The number of hydrogen-bond donors (Lipinski definition) is 3. The van der Waals surface area contributed by atoms with E-state index in [4.69, 9.17) is 0 Å². The van der Waals surface area contributed by atoms with Gasteiger partial charge in [0.15, 0.2) is 5.03 Å². The molecule has 1 aromatic heterocycles. The second-order valence-corrected chi connectivity index (χ2v) is 5.77. The number of aliphatic carboxylic acids is 1. The maximum absolute atomic E-state index is 11.8. The predicted octanol–water partition coefficient (Wildman–Crippen LogP) is 0.579. The summed E-state index contributed by atoms with van der Waals surface area (Å²) in [6.07, 6.45) is 2.02. The van der Waals surface area contributed by atoms with Crippen molar-refractivity contribution < 1.29 is 18.3 Å². The van der Waals surface area contributed by atoms with Crippen LogP contribution in [0.4, 0.5) is 0 Å². The maximum atomic E-state index is 11.8. The molecule has 18 heavy (non-hydrogen) atoms. The minimum atomic E-state index is -3.74. The monoisotopic (exact) mass is 275 g/mol. The molecule has 0 aliphatic carbocycles. The van der Waals surface area contributed by atoms with Crippen LogP contribution in [0.5, 0.6) is 0 Å². The molecular weight excluding hydrogens is 258 g/mol. The molecule has 7 nitrogen and oxygen atoms in total. The molecule has 0 amide bonds.